The van der Waals surface area contributed by atoms with Gasteiger partial charge in [0.05, 0.1) is 18.2 Å². The van der Waals surface area contributed by atoms with Crippen LogP contribution in [-0.2, 0) is 13.1 Å². The highest BCUT2D eigenvalue weighted by molar-refractivity contribution is 6.30. The van der Waals surface area contributed by atoms with E-state index in [1.807, 2.05) is 35.4 Å². The van der Waals surface area contributed by atoms with Crippen molar-refractivity contribution in [2.24, 2.45) is 0 Å². The first-order valence-electron chi connectivity index (χ1n) is 11.1. The van der Waals surface area contributed by atoms with Gasteiger partial charge in [-0.2, -0.15) is 5.26 Å². The zero-order valence-corrected chi connectivity index (χ0v) is 18.8. The average Bonchev–Trinajstić information content (AvgIpc) is 3.25. The standard InChI is InChI=1S/C26H27ClN4O/c27-22-7-4-6-21(16-22)18-30-15-5-10-25(30)19-31(24-8-2-1-3-9-24)26(32)29-23-13-11-20(17-28)12-14-23/h4-7,10-16,24H,1-3,8-9,18-19H2,(H,29,32). The van der Waals surface area contributed by atoms with Crippen molar-refractivity contribution in [2.75, 3.05) is 5.32 Å². The molecule has 0 atom stereocenters. The number of carbonyl (C=O) groups is 1. The van der Waals surface area contributed by atoms with Crippen molar-refractivity contribution >= 4 is 23.3 Å². The molecule has 32 heavy (non-hydrogen) atoms. The smallest absolute Gasteiger partial charge is 0.322 e. The third-order valence-corrected chi connectivity index (χ3v) is 6.27. The number of nitrogens with zero attached hydrogens (tertiary/aromatic N) is 3. The highest BCUT2D eigenvalue weighted by Crippen LogP contribution is 2.25. The van der Waals surface area contributed by atoms with E-state index in [0.717, 1.165) is 42.0 Å². The van der Waals surface area contributed by atoms with Crippen LogP contribution in [0.25, 0.3) is 0 Å². The summed E-state index contributed by atoms with van der Waals surface area (Å²) in [4.78, 5) is 15.3. The molecule has 3 aromatic rings. The summed E-state index contributed by atoms with van der Waals surface area (Å²) in [6.07, 6.45) is 7.62. The number of hydrogen-bond donors (Lipinski definition) is 1. The third kappa shape index (κ3) is 5.52. The van der Waals surface area contributed by atoms with Crippen LogP contribution in [0.15, 0.2) is 66.9 Å². The number of anilines is 1. The van der Waals surface area contributed by atoms with Gasteiger partial charge < -0.3 is 14.8 Å². The fourth-order valence-corrected chi connectivity index (χ4v) is 4.55. The van der Waals surface area contributed by atoms with Crippen molar-refractivity contribution < 1.29 is 4.79 Å². The summed E-state index contributed by atoms with van der Waals surface area (Å²) in [5.41, 5.74) is 3.49. The molecular formula is C26H27ClN4O. The zero-order chi connectivity index (χ0) is 22.3. The van der Waals surface area contributed by atoms with Crippen LogP contribution in [-0.4, -0.2) is 21.5 Å². The minimum Gasteiger partial charge on any atom is -0.345 e. The lowest BCUT2D eigenvalue weighted by Crippen LogP contribution is -2.43. The lowest BCUT2D eigenvalue weighted by molar-refractivity contribution is 0.161. The first kappa shape index (κ1) is 22.0. The fraction of sp³-hybridized carbons (Fsp3) is 0.308. The van der Waals surface area contributed by atoms with Crippen LogP contribution >= 0.6 is 11.6 Å². The van der Waals surface area contributed by atoms with E-state index < -0.39 is 0 Å². The lowest BCUT2D eigenvalue weighted by atomic mass is 9.94. The molecule has 0 spiro atoms. The maximum atomic E-state index is 13.3. The summed E-state index contributed by atoms with van der Waals surface area (Å²) >= 11 is 6.16. The number of benzene rings is 2. The van der Waals surface area contributed by atoms with Gasteiger partial charge in [0.25, 0.3) is 0 Å². The number of halogens is 1. The highest BCUT2D eigenvalue weighted by Gasteiger charge is 2.26. The minimum atomic E-state index is -0.0999. The summed E-state index contributed by atoms with van der Waals surface area (Å²) in [5.74, 6) is 0. The molecule has 2 amide bonds. The van der Waals surface area contributed by atoms with Crippen molar-refractivity contribution in [2.45, 2.75) is 51.2 Å². The molecule has 1 aliphatic rings. The van der Waals surface area contributed by atoms with Gasteiger partial charge in [0, 0.05) is 35.2 Å². The Morgan fingerprint density at radius 3 is 2.59 bits per heavy atom. The monoisotopic (exact) mass is 446 g/mol. The van der Waals surface area contributed by atoms with Gasteiger partial charge in [0.15, 0.2) is 0 Å². The molecular weight excluding hydrogens is 420 g/mol. The van der Waals surface area contributed by atoms with Gasteiger partial charge in [-0.15, -0.1) is 0 Å². The number of nitrogens with one attached hydrogen (secondary N) is 1. The Morgan fingerprint density at radius 1 is 1.09 bits per heavy atom. The quantitative estimate of drug-likeness (QED) is 0.474. The maximum absolute atomic E-state index is 13.3. The largest absolute Gasteiger partial charge is 0.345 e. The Hall–Kier alpha value is -3.23. The van der Waals surface area contributed by atoms with Gasteiger partial charge in [-0.25, -0.2) is 4.79 Å². The number of hydrogen-bond acceptors (Lipinski definition) is 2. The van der Waals surface area contributed by atoms with Gasteiger partial charge in [-0.1, -0.05) is 43.0 Å². The molecule has 1 heterocycles. The Bertz CT molecular complexity index is 1090. The minimum absolute atomic E-state index is 0.0999. The number of nitriles is 1. The van der Waals surface area contributed by atoms with Gasteiger partial charge in [0.1, 0.15) is 0 Å². The third-order valence-electron chi connectivity index (χ3n) is 6.04. The van der Waals surface area contributed by atoms with E-state index >= 15 is 0 Å². The molecule has 6 heteroatoms. The number of amides is 2. The summed E-state index contributed by atoms with van der Waals surface area (Å²) in [7, 11) is 0. The van der Waals surface area contributed by atoms with E-state index in [1.165, 1.54) is 6.42 Å². The molecule has 2 aromatic carbocycles. The van der Waals surface area contributed by atoms with Crippen LogP contribution in [0.4, 0.5) is 10.5 Å². The van der Waals surface area contributed by atoms with Crippen molar-refractivity contribution in [3.63, 3.8) is 0 Å². The molecule has 1 aromatic heterocycles. The van der Waals surface area contributed by atoms with E-state index in [4.69, 9.17) is 16.9 Å². The Morgan fingerprint density at radius 2 is 1.88 bits per heavy atom. The second-order valence-corrected chi connectivity index (χ2v) is 8.73. The number of aromatic nitrogens is 1. The van der Waals surface area contributed by atoms with Crippen LogP contribution < -0.4 is 5.32 Å². The van der Waals surface area contributed by atoms with E-state index in [1.54, 1.807) is 24.3 Å². The number of urea groups is 1. The van der Waals surface area contributed by atoms with Crippen molar-refractivity contribution in [1.82, 2.24) is 9.47 Å². The summed E-state index contributed by atoms with van der Waals surface area (Å²) in [5, 5.41) is 12.8. The summed E-state index contributed by atoms with van der Waals surface area (Å²) < 4.78 is 2.18. The molecule has 0 radical (unpaired) electrons. The fourth-order valence-electron chi connectivity index (χ4n) is 4.34. The molecule has 0 saturated heterocycles. The van der Waals surface area contributed by atoms with Crippen LogP contribution in [0.2, 0.25) is 5.02 Å². The summed E-state index contributed by atoms with van der Waals surface area (Å²) in [6, 6.07) is 21.2. The molecule has 4 rings (SSSR count). The Kier molecular flexibility index (Phi) is 7.14. The SMILES string of the molecule is N#Cc1ccc(NC(=O)N(Cc2cccn2Cc2cccc(Cl)c2)C2CCCCC2)cc1. The molecule has 0 aliphatic heterocycles. The molecule has 1 N–H and O–H groups in total. The second-order valence-electron chi connectivity index (χ2n) is 8.30. The Balaban J connectivity index is 1.53. The van der Waals surface area contributed by atoms with Gasteiger partial charge in [-0.05, 0) is 66.9 Å². The lowest BCUT2D eigenvalue weighted by Gasteiger charge is -2.34. The van der Waals surface area contributed by atoms with E-state index in [2.05, 4.69) is 28.1 Å². The van der Waals surface area contributed by atoms with Crippen LogP contribution in [0.1, 0.15) is 48.9 Å². The molecule has 1 aliphatic carbocycles. The zero-order valence-electron chi connectivity index (χ0n) is 18.0. The van der Waals surface area contributed by atoms with Gasteiger partial charge in [-0.3, -0.25) is 0 Å². The van der Waals surface area contributed by atoms with Crippen LogP contribution in [0, 0.1) is 11.3 Å². The van der Waals surface area contributed by atoms with E-state index in [0.29, 0.717) is 24.3 Å². The second kappa shape index (κ2) is 10.4. The van der Waals surface area contributed by atoms with E-state index in [-0.39, 0.29) is 12.1 Å². The van der Waals surface area contributed by atoms with Crippen molar-refractivity contribution in [3.8, 4) is 6.07 Å². The first-order chi connectivity index (χ1) is 15.6. The predicted molar refractivity (Wildman–Crippen MR) is 128 cm³/mol. The molecule has 5 nitrogen and oxygen atoms in total. The van der Waals surface area contributed by atoms with Gasteiger partial charge >= 0.3 is 6.03 Å². The van der Waals surface area contributed by atoms with Gasteiger partial charge in [0.2, 0.25) is 0 Å². The first-order valence-corrected chi connectivity index (χ1v) is 11.5. The molecule has 0 unspecified atom stereocenters. The summed E-state index contributed by atoms with van der Waals surface area (Å²) in [6.45, 7) is 1.25. The average molecular weight is 447 g/mol. The van der Waals surface area contributed by atoms with Crippen LogP contribution in [0.5, 0.6) is 0 Å². The molecule has 1 saturated carbocycles. The topological polar surface area (TPSA) is 61.1 Å². The molecule has 164 valence electrons. The van der Waals surface area contributed by atoms with E-state index in [9.17, 15) is 4.79 Å². The maximum Gasteiger partial charge on any atom is 0.322 e. The van der Waals surface area contributed by atoms with Crippen LogP contribution in [0.3, 0.4) is 0 Å². The highest BCUT2D eigenvalue weighted by atomic mass is 35.5. The predicted octanol–water partition coefficient (Wildman–Crippen LogP) is 6.43. The normalized spacial score (nSPS) is 14.0. The van der Waals surface area contributed by atoms with Crippen molar-refractivity contribution in [3.05, 3.63) is 88.7 Å². The Labute approximate surface area is 194 Å². The van der Waals surface area contributed by atoms with Crippen molar-refractivity contribution in [1.29, 1.82) is 5.26 Å². The number of carbonyl (C=O) groups excluding carboxylic acids is 1. The molecule has 1 fully saturated rings. The number of rotatable bonds is 6. The molecule has 0 bridgehead atoms.